The number of nitrogens with zero attached hydrogens (tertiary/aromatic N) is 2. The first kappa shape index (κ1) is 24.8. The van der Waals surface area contributed by atoms with Gasteiger partial charge >= 0.3 is 12.1 Å². The number of rotatable bonds is 4. The second-order valence-electron chi connectivity index (χ2n) is 10.1. The monoisotopic (exact) mass is 482 g/mol. The SMILES string of the molecule is O=C(CC1CC2(CCN(CC3CC3)CC2)Oc2ccccc21)N1CCCC1.O=C(O)C(F)(F)F. The summed E-state index contributed by atoms with van der Waals surface area (Å²) in [5.74, 6) is -0.127. The first-order valence-corrected chi connectivity index (χ1v) is 12.2. The van der Waals surface area contributed by atoms with Gasteiger partial charge in [0.2, 0.25) is 5.91 Å². The van der Waals surface area contributed by atoms with Gasteiger partial charge in [0.1, 0.15) is 11.4 Å². The van der Waals surface area contributed by atoms with Crippen molar-refractivity contribution < 1.29 is 32.6 Å². The zero-order valence-corrected chi connectivity index (χ0v) is 19.4. The van der Waals surface area contributed by atoms with Gasteiger partial charge in [-0.1, -0.05) is 18.2 Å². The Balaban J connectivity index is 0.000000344. The molecule has 0 aromatic heterocycles. The number of para-hydroxylation sites is 1. The van der Waals surface area contributed by atoms with Crippen molar-refractivity contribution in [3.8, 4) is 5.75 Å². The summed E-state index contributed by atoms with van der Waals surface area (Å²) in [6, 6.07) is 8.44. The summed E-state index contributed by atoms with van der Waals surface area (Å²) in [5.41, 5.74) is 1.18. The summed E-state index contributed by atoms with van der Waals surface area (Å²) in [7, 11) is 0. The highest BCUT2D eigenvalue weighted by Crippen LogP contribution is 2.47. The highest BCUT2D eigenvalue weighted by atomic mass is 19.4. The van der Waals surface area contributed by atoms with Crippen molar-refractivity contribution in [3.05, 3.63) is 29.8 Å². The van der Waals surface area contributed by atoms with Crippen LogP contribution < -0.4 is 4.74 Å². The Kier molecular flexibility index (Phi) is 7.40. The van der Waals surface area contributed by atoms with Gasteiger partial charge < -0.3 is 19.6 Å². The number of alkyl halides is 3. The molecular weight excluding hydrogens is 449 g/mol. The highest BCUT2D eigenvalue weighted by molar-refractivity contribution is 5.77. The lowest BCUT2D eigenvalue weighted by Gasteiger charge is -2.47. The van der Waals surface area contributed by atoms with E-state index < -0.39 is 12.1 Å². The van der Waals surface area contributed by atoms with E-state index in [2.05, 4.69) is 34.1 Å². The van der Waals surface area contributed by atoms with Gasteiger partial charge in [0.15, 0.2) is 0 Å². The van der Waals surface area contributed by atoms with E-state index in [1.54, 1.807) is 0 Å². The molecule has 4 aliphatic rings. The highest BCUT2D eigenvalue weighted by Gasteiger charge is 2.44. The summed E-state index contributed by atoms with van der Waals surface area (Å²) in [6.45, 7) is 5.47. The molecule has 1 aromatic rings. The smallest absolute Gasteiger partial charge is 0.487 e. The van der Waals surface area contributed by atoms with E-state index in [0.29, 0.717) is 18.2 Å². The Morgan fingerprint density at radius 3 is 2.26 bits per heavy atom. The lowest BCUT2D eigenvalue weighted by atomic mass is 9.76. The Hall–Kier alpha value is -2.29. The van der Waals surface area contributed by atoms with Crippen LogP contribution in [0.1, 0.15) is 62.8 Å². The van der Waals surface area contributed by atoms with E-state index in [9.17, 15) is 18.0 Å². The molecule has 1 amide bonds. The molecular formula is C25H33F3N2O4. The Labute approximate surface area is 198 Å². The number of ether oxygens (including phenoxy) is 1. The molecule has 1 unspecified atom stereocenters. The number of carbonyl (C=O) groups is 2. The second-order valence-corrected chi connectivity index (χ2v) is 10.1. The predicted molar refractivity (Wildman–Crippen MR) is 120 cm³/mol. The van der Waals surface area contributed by atoms with Gasteiger partial charge in [-0.25, -0.2) is 4.79 Å². The van der Waals surface area contributed by atoms with E-state index in [1.807, 2.05) is 0 Å². The summed E-state index contributed by atoms with van der Waals surface area (Å²) in [6.07, 6.45) is 3.94. The number of carboxylic acid groups (broad SMARTS) is 1. The quantitative estimate of drug-likeness (QED) is 0.687. The van der Waals surface area contributed by atoms with E-state index in [0.717, 1.165) is 70.0 Å². The molecule has 3 aliphatic heterocycles. The molecule has 0 radical (unpaired) electrons. The third-order valence-electron chi connectivity index (χ3n) is 7.41. The van der Waals surface area contributed by atoms with Crippen LogP contribution in [-0.2, 0) is 9.59 Å². The lowest BCUT2D eigenvalue weighted by molar-refractivity contribution is -0.192. The van der Waals surface area contributed by atoms with Crippen LogP contribution in [0.15, 0.2) is 24.3 Å². The van der Waals surface area contributed by atoms with Gasteiger partial charge in [0.05, 0.1) is 0 Å². The topological polar surface area (TPSA) is 70.1 Å². The molecule has 1 saturated carbocycles. The fourth-order valence-corrected chi connectivity index (χ4v) is 5.35. The summed E-state index contributed by atoms with van der Waals surface area (Å²) >= 11 is 0. The number of hydrogen-bond donors (Lipinski definition) is 1. The molecule has 2 saturated heterocycles. The van der Waals surface area contributed by atoms with Crippen molar-refractivity contribution >= 4 is 11.9 Å². The largest absolute Gasteiger partial charge is 0.490 e. The minimum absolute atomic E-state index is 0.0651. The molecule has 1 aliphatic carbocycles. The normalized spacial score (nSPS) is 24.1. The van der Waals surface area contributed by atoms with Crippen molar-refractivity contribution in [3.63, 3.8) is 0 Å². The lowest BCUT2D eigenvalue weighted by Crippen LogP contribution is -2.51. The van der Waals surface area contributed by atoms with Crippen molar-refractivity contribution in [1.29, 1.82) is 0 Å². The van der Waals surface area contributed by atoms with Crippen LogP contribution in [0.25, 0.3) is 0 Å². The predicted octanol–water partition coefficient (Wildman–Crippen LogP) is 4.44. The zero-order valence-electron chi connectivity index (χ0n) is 19.4. The van der Waals surface area contributed by atoms with Gasteiger partial charge in [-0.3, -0.25) is 4.79 Å². The van der Waals surface area contributed by atoms with Crippen LogP contribution >= 0.6 is 0 Å². The van der Waals surface area contributed by atoms with Crippen LogP contribution in [0.5, 0.6) is 5.75 Å². The van der Waals surface area contributed by atoms with Crippen LogP contribution in [0.4, 0.5) is 13.2 Å². The van der Waals surface area contributed by atoms with Gasteiger partial charge in [0, 0.05) is 45.1 Å². The third kappa shape index (κ3) is 6.23. The zero-order chi connectivity index (χ0) is 24.3. The van der Waals surface area contributed by atoms with Crippen LogP contribution in [0, 0.1) is 5.92 Å². The van der Waals surface area contributed by atoms with E-state index in [1.165, 1.54) is 24.9 Å². The molecule has 3 fully saturated rings. The van der Waals surface area contributed by atoms with Crippen LogP contribution in [0.3, 0.4) is 0 Å². The number of aliphatic carboxylic acids is 1. The Bertz CT molecular complexity index is 873. The minimum atomic E-state index is -5.08. The maximum absolute atomic E-state index is 12.9. The first-order valence-electron chi connectivity index (χ1n) is 12.2. The molecule has 3 heterocycles. The average molecular weight is 483 g/mol. The number of carbonyl (C=O) groups excluding carboxylic acids is 1. The number of piperidine rings is 1. The van der Waals surface area contributed by atoms with Crippen molar-refractivity contribution in [1.82, 2.24) is 9.80 Å². The fraction of sp³-hybridized carbons (Fsp3) is 0.680. The van der Waals surface area contributed by atoms with Crippen LogP contribution in [0.2, 0.25) is 0 Å². The van der Waals surface area contributed by atoms with E-state index >= 15 is 0 Å². The van der Waals surface area contributed by atoms with Crippen molar-refractivity contribution in [2.24, 2.45) is 5.92 Å². The molecule has 0 bridgehead atoms. The van der Waals surface area contributed by atoms with E-state index in [-0.39, 0.29) is 5.60 Å². The number of benzene rings is 1. The molecule has 1 aromatic carbocycles. The molecule has 188 valence electrons. The van der Waals surface area contributed by atoms with Crippen molar-refractivity contribution in [2.75, 3.05) is 32.7 Å². The number of halogens is 3. The van der Waals surface area contributed by atoms with Gasteiger partial charge in [0.25, 0.3) is 0 Å². The average Bonchev–Trinajstić information content (AvgIpc) is 3.43. The van der Waals surface area contributed by atoms with E-state index in [4.69, 9.17) is 14.6 Å². The molecule has 34 heavy (non-hydrogen) atoms. The number of amides is 1. The molecule has 1 spiro atoms. The first-order chi connectivity index (χ1) is 16.2. The number of likely N-dealkylation sites (tertiary alicyclic amines) is 2. The van der Waals surface area contributed by atoms with Gasteiger partial charge in [-0.15, -0.1) is 0 Å². The summed E-state index contributed by atoms with van der Waals surface area (Å²) < 4.78 is 38.4. The van der Waals surface area contributed by atoms with Gasteiger partial charge in [-0.05, 0) is 62.5 Å². The number of carboxylic acids is 1. The van der Waals surface area contributed by atoms with Gasteiger partial charge in [-0.2, -0.15) is 13.2 Å². The molecule has 6 nitrogen and oxygen atoms in total. The van der Waals surface area contributed by atoms with Crippen molar-refractivity contribution in [2.45, 2.75) is 69.1 Å². The minimum Gasteiger partial charge on any atom is -0.487 e. The summed E-state index contributed by atoms with van der Waals surface area (Å²) in [4.78, 5) is 26.5. The Morgan fingerprint density at radius 1 is 1.06 bits per heavy atom. The fourth-order valence-electron chi connectivity index (χ4n) is 5.35. The summed E-state index contributed by atoms with van der Waals surface area (Å²) in [5, 5.41) is 7.12. The van der Waals surface area contributed by atoms with Crippen LogP contribution in [-0.4, -0.2) is 71.3 Å². The molecule has 1 N–H and O–H groups in total. The number of hydrogen-bond acceptors (Lipinski definition) is 4. The molecule has 1 atom stereocenters. The maximum atomic E-state index is 12.9. The number of fused-ring (bicyclic) bond motifs is 1. The second kappa shape index (κ2) is 10.1. The molecule has 5 rings (SSSR count). The maximum Gasteiger partial charge on any atom is 0.490 e. The third-order valence-corrected chi connectivity index (χ3v) is 7.41. The molecule has 9 heteroatoms. The standard InChI is InChI=1S/C23H32N2O2.C2HF3O2/c26-22(25-11-3-4-12-25)15-19-16-23(27-21-6-2-1-5-20(19)21)9-13-24(14-10-23)17-18-7-8-18;3-2(4,5)1(6)7/h1-2,5-6,18-19H,3-4,7-17H2;(H,6,7). The Morgan fingerprint density at radius 2 is 1.68 bits per heavy atom.